The van der Waals surface area contributed by atoms with Gasteiger partial charge < -0.3 is 16.4 Å². The zero-order valence-corrected chi connectivity index (χ0v) is 11.0. The average molecular weight is 249 g/mol. The van der Waals surface area contributed by atoms with E-state index in [0.29, 0.717) is 6.54 Å². The maximum atomic E-state index is 10.9. The highest BCUT2D eigenvalue weighted by atomic mass is 16.1. The van der Waals surface area contributed by atoms with Crippen molar-refractivity contribution in [1.82, 2.24) is 10.6 Å². The van der Waals surface area contributed by atoms with Crippen LogP contribution in [0.3, 0.4) is 0 Å². The third kappa shape index (κ3) is 5.80. The summed E-state index contributed by atoms with van der Waals surface area (Å²) in [5, 5.41) is 6.11. The molecule has 4 heteroatoms. The van der Waals surface area contributed by atoms with Crippen LogP contribution in [0.25, 0.3) is 0 Å². The highest BCUT2D eigenvalue weighted by molar-refractivity contribution is 5.77. The Morgan fingerprint density at radius 1 is 1.28 bits per heavy atom. The van der Waals surface area contributed by atoms with E-state index >= 15 is 0 Å². The van der Waals surface area contributed by atoms with Crippen LogP contribution in [0.5, 0.6) is 0 Å². The number of hydrogen-bond acceptors (Lipinski definition) is 3. The number of carbonyl (C=O) groups excluding carboxylic acids is 1. The van der Waals surface area contributed by atoms with Gasteiger partial charge in [0.1, 0.15) is 0 Å². The van der Waals surface area contributed by atoms with Crippen molar-refractivity contribution in [3.63, 3.8) is 0 Å². The molecule has 0 aliphatic heterocycles. The first-order valence-electron chi connectivity index (χ1n) is 6.51. The summed E-state index contributed by atoms with van der Waals surface area (Å²) in [7, 11) is 0. The summed E-state index contributed by atoms with van der Waals surface area (Å²) in [6.45, 7) is 4.67. The highest BCUT2D eigenvalue weighted by Crippen LogP contribution is 2.05. The van der Waals surface area contributed by atoms with Gasteiger partial charge in [0.2, 0.25) is 5.91 Å². The Hall–Kier alpha value is -1.39. The minimum absolute atomic E-state index is 0.0667. The molecule has 1 aromatic rings. The summed E-state index contributed by atoms with van der Waals surface area (Å²) in [4.78, 5) is 10.9. The van der Waals surface area contributed by atoms with Crippen molar-refractivity contribution >= 4 is 5.91 Å². The van der Waals surface area contributed by atoms with E-state index in [1.165, 1.54) is 11.1 Å². The summed E-state index contributed by atoms with van der Waals surface area (Å²) in [6.07, 6.45) is 1.98. The first-order chi connectivity index (χ1) is 8.76. The number of hydrogen-bond donors (Lipinski definition) is 3. The van der Waals surface area contributed by atoms with Crippen molar-refractivity contribution in [2.45, 2.75) is 26.3 Å². The topological polar surface area (TPSA) is 67.1 Å². The average Bonchev–Trinajstić information content (AvgIpc) is 2.42. The van der Waals surface area contributed by atoms with Gasteiger partial charge in [-0.3, -0.25) is 4.79 Å². The van der Waals surface area contributed by atoms with Crippen molar-refractivity contribution in [2.75, 3.05) is 19.6 Å². The molecule has 1 rings (SSSR count). The van der Waals surface area contributed by atoms with Crippen molar-refractivity contribution < 1.29 is 4.79 Å². The van der Waals surface area contributed by atoms with Crippen LogP contribution in [-0.2, 0) is 17.8 Å². The number of rotatable bonds is 8. The normalized spacial score (nSPS) is 10.3. The lowest BCUT2D eigenvalue weighted by Crippen LogP contribution is -2.32. The second-order valence-electron chi connectivity index (χ2n) is 4.26. The van der Waals surface area contributed by atoms with Crippen LogP contribution in [0, 0.1) is 0 Å². The lowest BCUT2D eigenvalue weighted by molar-refractivity contribution is -0.119. The Kier molecular flexibility index (Phi) is 7.06. The van der Waals surface area contributed by atoms with E-state index in [-0.39, 0.29) is 12.5 Å². The van der Waals surface area contributed by atoms with Crippen molar-refractivity contribution in [3.8, 4) is 0 Å². The van der Waals surface area contributed by atoms with Crippen LogP contribution in [0.2, 0.25) is 0 Å². The van der Waals surface area contributed by atoms with Crippen LogP contribution in [0.15, 0.2) is 24.3 Å². The molecular weight excluding hydrogens is 226 g/mol. The molecule has 0 aromatic heterocycles. The molecule has 0 radical (unpaired) electrons. The molecule has 0 unspecified atom stereocenters. The zero-order chi connectivity index (χ0) is 13.2. The smallest absolute Gasteiger partial charge is 0.233 e. The fourth-order valence-corrected chi connectivity index (χ4v) is 1.71. The molecule has 0 aliphatic rings. The van der Waals surface area contributed by atoms with Crippen molar-refractivity contribution in [1.29, 1.82) is 0 Å². The molecule has 0 bridgehead atoms. The summed E-state index contributed by atoms with van der Waals surface area (Å²) in [6, 6.07) is 8.59. The standard InChI is InChI=1S/C14H23N3O/c1-2-12-5-3-6-13(9-12)11-16-7-4-8-17-14(18)10-15/h3,5-6,9,16H,2,4,7-8,10-11,15H2,1H3,(H,17,18). The van der Waals surface area contributed by atoms with Crippen LogP contribution >= 0.6 is 0 Å². The summed E-state index contributed by atoms with van der Waals surface area (Å²) in [5.41, 5.74) is 7.86. The Labute approximate surface area is 109 Å². The summed E-state index contributed by atoms with van der Waals surface area (Å²) in [5.74, 6) is -0.0920. The Morgan fingerprint density at radius 3 is 2.78 bits per heavy atom. The van der Waals surface area contributed by atoms with Crippen LogP contribution in [-0.4, -0.2) is 25.5 Å². The molecular formula is C14H23N3O. The summed E-state index contributed by atoms with van der Waals surface area (Å²) < 4.78 is 0. The maximum absolute atomic E-state index is 10.9. The van der Waals surface area contributed by atoms with Gasteiger partial charge in [0.05, 0.1) is 6.54 Å². The molecule has 0 heterocycles. The SMILES string of the molecule is CCc1cccc(CNCCCNC(=O)CN)c1. The number of nitrogens with two attached hydrogens (primary N) is 1. The molecule has 0 spiro atoms. The summed E-state index contributed by atoms with van der Waals surface area (Å²) >= 11 is 0. The number of carbonyl (C=O) groups is 1. The van der Waals surface area contributed by atoms with Gasteiger partial charge in [0.25, 0.3) is 0 Å². The zero-order valence-electron chi connectivity index (χ0n) is 11.0. The van der Waals surface area contributed by atoms with Gasteiger partial charge >= 0.3 is 0 Å². The van der Waals surface area contributed by atoms with Gasteiger partial charge in [0, 0.05) is 13.1 Å². The lowest BCUT2D eigenvalue weighted by Gasteiger charge is -2.07. The Balaban J connectivity index is 2.12. The molecule has 0 fully saturated rings. The van der Waals surface area contributed by atoms with Crippen LogP contribution in [0.4, 0.5) is 0 Å². The molecule has 1 amide bonds. The van der Waals surface area contributed by atoms with Crippen LogP contribution in [0.1, 0.15) is 24.5 Å². The second kappa shape index (κ2) is 8.66. The fourth-order valence-electron chi connectivity index (χ4n) is 1.71. The Bertz CT molecular complexity index is 366. The minimum atomic E-state index is -0.0920. The molecule has 4 N–H and O–H groups in total. The molecule has 0 saturated carbocycles. The number of nitrogens with one attached hydrogen (secondary N) is 2. The maximum Gasteiger partial charge on any atom is 0.233 e. The molecule has 0 saturated heterocycles. The monoisotopic (exact) mass is 249 g/mol. The molecule has 1 aromatic carbocycles. The first kappa shape index (κ1) is 14.7. The van der Waals surface area contributed by atoms with E-state index in [1.807, 2.05) is 0 Å². The predicted molar refractivity (Wildman–Crippen MR) is 74.2 cm³/mol. The van der Waals surface area contributed by atoms with Crippen molar-refractivity contribution in [2.24, 2.45) is 5.73 Å². The highest BCUT2D eigenvalue weighted by Gasteiger charge is 1.96. The minimum Gasteiger partial charge on any atom is -0.355 e. The van der Waals surface area contributed by atoms with E-state index in [0.717, 1.165) is 25.9 Å². The van der Waals surface area contributed by atoms with Crippen molar-refractivity contribution in [3.05, 3.63) is 35.4 Å². The third-order valence-corrected chi connectivity index (χ3v) is 2.77. The van der Waals surface area contributed by atoms with Gasteiger partial charge in [-0.25, -0.2) is 0 Å². The lowest BCUT2D eigenvalue weighted by atomic mass is 10.1. The van der Waals surface area contributed by atoms with E-state index in [9.17, 15) is 4.79 Å². The van der Waals surface area contributed by atoms with E-state index in [1.54, 1.807) is 0 Å². The number of aryl methyl sites for hydroxylation is 1. The van der Waals surface area contributed by atoms with E-state index in [4.69, 9.17) is 5.73 Å². The molecule has 0 aliphatic carbocycles. The molecule has 0 atom stereocenters. The molecule has 100 valence electrons. The van der Waals surface area contributed by atoms with Gasteiger partial charge in [-0.05, 0) is 30.5 Å². The number of benzene rings is 1. The van der Waals surface area contributed by atoms with Gasteiger partial charge in [0.15, 0.2) is 0 Å². The van der Waals surface area contributed by atoms with Crippen LogP contribution < -0.4 is 16.4 Å². The fraction of sp³-hybridized carbons (Fsp3) is 0.500. The number of amides is 1. The predicted octanol–water partition coefficient (Wildman–Crippen LogP) is 0.804. The van der Waals surface area contributed by atoms with Gasteiger partial charge in [-0.2, -0.15) is 0 Å². The van der Waals surface area contributed by atoms with Gasteiger partial charge in [-0.15, -0.1) is 0 Å². The van der Waals surface area contributed by atoms with E-state index < -0.39 is 0 Å². The third-order valence-electron chi connectivity index (χ3n) is 2.77. The van der Waals surface area contributed by atoms with Gasteiger partial charge in [-0.1, -0.05) is 31.2 Å². The molecule has 4 nitrogen and oxygen atoms in total. The quantitative estimate of drug-likeness (QED) is 0.597. The van der Waals surface area contributed by atoms with E-state index in [2.05, 4.69) is 41.8 Å². The second-order valence-corrected chi connectivity index (χ2v) is 4.26. The molecule has 18 heavy (non-hydrogen) atoms. The largest absolute Gasteiger partial charge is 0.355 e. The Morgan fingerprint density at radius 2 is 2.06 bits per heavy atom. The first-order valence-corrected chi connectivity index (χ1v) is 6.51.